The summed E-state index contributed by atoms with van der Waals surface area (Å²) in [7, 11) is 0. The van der Waals surface area contributed by atoms with Gasteiger partial charge in [-0.3, -0.25) is 4.79 Å². The van der Waals surface area contributed by atoms with E-state index < -0.39 is 6.09 Å². The van der Waals surface area contributed by atoms with E-state index in [9.17, 15) is 9.59 Å². The normalized spacial score (nSPS) is 15.7. The molecule has 0 aliphatic heterocycles. The molecule has 1 aliphatic carbocycles. The number of carbonyl (C=O) groups is 2. The zero-order valence-corrected chi connectivity index (χ0v) is 13.3. The van der Waals surface area contributed by atoms with Gasteiger partial charge in [0.2, 0.25) is 5.91 Å². The van der Waals surface area contributed by atoms with Crippen LogP contribution in [0.15, 0.2) is 30.3 Å². The molecular formula is C15H19BrN2O3. The zero-order chi connectivity index (χ0) is 15.1. The smallest absolute Gasteiger partial charge is 0.407 e. The van der Waals surface area contributed by atoms with Crippen molar-refractivity contribution in [2.75, 3.05) is 13.1 Å². The van der Waals surface area contributed by atoms with Crippen LogP contribution < -0.4 is 10.6 Å². The van der Waals surface area contributed by atoms with Gasteiger partial charge in [0.15, 0.2) is 0 Å². The number of hydrogen-bond donors (Lipinski definition) is 2. The Morgan fingerprint density at radius 3 is 2.43 bits per heavy atom. The van der Waals surface area contributed by atoms with Gasteiger partial charge in [0.25, 0.3) is 0 Å². The largest absolute Gasteiger partial charge is 0.445 e. The van der Waals surface area contributed by atoms with Crippen LogP contribution >= 0.6 is 15.9 Å². The van der Waals surface area contributed by atoms with Crippen LogP contribution in [0.1, 0.15) is 24.8 Å². The molecule has 1 saturated carbocycles. The molecule has 2 N–H and O–H groups in total. The quantitative estimate of drug-likeness (QED) is 0.608. The Bertz CT molecular complexity index is 489. The summed E-state index contributed by atoms with van der Waals surface area (Å²) in [5, 5.41) is 5.40. The topological polar surface area (TPSA) is 67.4 Å². The monoisotopic (exact) mass is 354 g/mol. The third-order valence-corrected chi connectivity index (χ3v) is 4.60. The van der Waals surface area contributed by atoms with Gasteiger partial charge in [-0.15, -0.1) is 0 Å². The average Bonchev–Trinajstić information content (AvgIpc) is 2.48. The van der Waals surface area contributed by atoms with Crippen molar-refractivity contribution < 1.29 is 14.3 Å². The minimum Gasteiger partial charge on any atom is -0.445 e. The first-order valence-electron chi connectivity index (χ1n) is 7.02. The van der Waals surface area contributed by atoms with Gasteiger partial charge in [0, 0.05) is 13.1 Å². The molecule has 6 heteroatoms. The highest BCUT2D eigenvalue weighted by Gasteiger charge is 2.41. The summed E-state index contributed by atoms with van der Waals surface area (Å²) in [6.45, 7) is 0.985. The highest BCUT2D eigenvalue weighted by Crippen LogP contribution is 2.40. The average molecular weight is 355 g/mol. The molecule has 114 valence electrons. The summed E-state index contributed by atoms with van der Waals surface area (Å²) in [6.07, 6.45) is 2.32. The number of amides is 2. The van der Waals surface area contributed by atoms with Crippen LogP contribution in [-0.2, 0) is 16.1 Å². The lowest BCUT2D eigenvalue weighted by Crippen LogP contribution is -2.48. The second-order valence-electron chi connectivity index (χ2n) is 5.06. The van der Waals surface area contributed by atoms with Crippen molar-refractivity contribution in [3.63, 3.8) is 0 Å². The summed E-state index contributed by atoms with van der Waals surface area (Å²) in [5.41, 5.74) is 0.937. The predicted octanol–water partition coefficient (Wildman–Crippen LogP) is 2.35. The predicted molar refractivity (Wildman–Crippen MR) is 83.1 cm³/mol. The van der Waals surface area contributed by atoms with Crippen LogP contribution in [-0.4, -0.2) is 29.4 Å². The maximum atomic E-state index is 11.8. The molecule has 0 heterocycles. The molecule has 2 amide bonds. The molecule has 21 heavy (non-hydrogen) atoms. The number of carbonyl (C=O) groups excluding carboxylic acids is 2. The van der Waals surface area contributed by atoms with Crippen molar-refractivity contribution in [3.05, 3.63) is 35.9 Å². The van der Waals surface area contributed by atoms with Gasteiger partial charge in [-0.05, 0) is 24.8 Å². The number of hydrogen-bond acceptors (Lipinski definition) is 3. The maximum absolute atomic E-state index is 11.8. The number of rotatable bonds is 6. The molecule has 0 atom stereocenters. The molecule has 5 nitrogen and oxygen atoms in total. The first-order chi connectivity index (χ1) is 10.1. The first kappa shape index (κ1) is 15.8. The Hall–Kier alpha value is -1.56. The summed E-state index contributed by atoms with van der Waals surface area (Å²) in [6, 6.07) is 9.47. The first-order valence-corrected chi connectivity index (χ1v) is 7.81. The van der Waals surface area contributed by atoms with Crippen LogP contribution in [0.25, 0.3) is 0 Å². The van der Waals surface area contributed by atoms with Gasteiger partial charge in [-0.25, -0.2) is 4.79 Å². The van der Waals surface area contributed by atoms with Gasteiger partial charge < -0.3 is 15.4 Å². The molecule has 1 aromatic rings. The SMILES string of the molecule is O=C(NCCNC(=O)C1(Br)CCC1)OCc1ccccc1. The molecule has 2 rings (SSSR count). The van der Waals surface area contributed by atoms with Gasteiger partial charge >= 0.3 is 6.09 Å². The third-order valence-electron chi connectivity index (χ3n) is 3.45. The number of alkyl carbamates (subject to hydrolysis) is 1. The summed E-state index contributed by atoms with van der Waals surface area (Å²) >= 11 is 3.44. The zero-order valence-electron chi connectivity index (χ0n) is 11.7. The molecular weight excluding hydrogens is 336 g/mol. The van der Waals surface area contributed by atoms with E-state index in [1.807, 2.05) is 30.3 Å². The Kier molecular flexibility index (Phi) is 5.61. The summed E-state index contributed by atoms with van der Waals surface area (Å²) < 4.78 is 4.67. The summed E-state index contributed by atoms with van der Waals surface area (Å²) in [5.74, 6) is -0.00629. The molecule has 0 saturated heterocycles. The Morgan fingerprint density at radius 2 is 1.81 bits per heavy atom. The second kappa shape index (κ2) is 7.45. The lowest BCUT2D eigenvalue weighted by atomic mass is 9.84. The molecule has 1 fully saturated rings. The molecule has 1 aromatic carbocycles. The lowest BCUT2D eigenvalue weighted by molar-refractivity contribution is -0.125. The van der Waals surface area contributed by atoms with Gasteiger partial charge in [-0.1, -0.05) is 46.3 Å². The number of alkyl halides is 1. The van der Waals surface area contributed by atoms with E-state index in [2.05, 4.69) is 26.6 Å². The standard InChI is InChI=1S/C15H19BrN2O3/c16-15(7-4-8-15)13(19)17-9-10-18-14(20)21-11-12-5-2-1-3-6-12/h1-3,5-6H,4,7-11H2,(H,17,19)(H,18,20). The summed E-state index contributed by atoms with van der Waals surface area (Å²) in [4.78, 5) is 23.3. The molecule has 0 aromatic heterocycles. The minimum atomic E-state index is -0.481. The van der Waals surface area contributed by atoms with Gasteiger partial charge in [0.05, 0.1) is 0 Å². The van der Waals surface area contributed by atoms with E-state index in [0.717, 1.165) is 24.8 Å². The number of benzene rings is 1. The number of halogens is 1. The van der Waals surface area contributed by atoms with Crippen LogP contribution in [0.2, 0.25) is 0 Å². The van der Waals surface area contributed by atoms with Gasteiger partial charge in [-0.2, -0.15) is 0 Å². The van der Waals surface area contributed by atoms with Crippen LogP contribution in [0.3, 0.4) is 0 Å². The number of ether oxygens (including phenoxy) is 1. The van der Waals surface area contributed by atoms with Crippen molar-refractivity contribution in [2.24, 2.45) is 0 Å². The molecule has 0 unspecified atom stereocenters. The van der Waals surface area contributed by atoms with Crippen molar-refractivity contribution in [3.8, 4) is 0 Å². The van der Waals surface area contributed by atoms with E-state index in [0.29, 0.717) is 13.1 Å². The molecule has 0 bridgehead atoms. The molecule has 0 radical (unpaired) electrons. The van der Waals surface area contributed by atoms with Crippen molar-refractivity contribution >= 4 is 27.9 Å². The fraction of sp³-hybridized carbons (Fsp3) is 0.467. The van der Waals surface area contributed by atoms with Crippen LogP contribution in [0, 0.1) is 0 Å². The Balaban J connectivity index is 1.56. The van der Waals surface area contributed by atoms with E-state index >= 15 is 0 Å². The lowest BCUT2D eigenvalue weighted by Gasteiger charge is -2.34. The molecule has 0 spiro atoms. The van der Waals surface area contributed by atoms with Crippen molar-refractivity contribution in [1.29, 1.82) is 0 Å². The highest BCUT2D eigenvalue weighted by molar-refractivity contribution is 9.10. The van der Waals surface area contributed by atoms with E-state index in [-0.39, 0.29) is 16.8 Å². The number of nitrogens with one attached hydrogen (secondary N) is 2. The van der Waals surface area contributed by atoms with Crippen molar-refractivity contribution in [1.82, 2.24) is 10.6 Å². The van der Waals surface area contributed by atoms with Gasteiger partial charge in [0.1, 0.15) is 10.9 Å². The Labute approximate surface area is 132 Å². The van der Waals surface area contributed by atoms with Crippen LogP contribution in [0.5, 0.6) is 0 Å². The second-order valence-corrected chi connectivity index (χ2v) is 6.58. The van der Waals surface area contributed by atoms with Crippen LogP contribution in [0.4, 0.5) is 4.79 Å². The fourth-order valence-electron chi connectivity index (χ4n) is 1.99. The highest BCUT2D eigenvalue weighted by atomic mass is 79.9. The Morgan fingerprint density at radius 1 is 1.14 bits per heavy atom. The maximum Gasteiger partial charge on any atom is 0.407 e. The fourth-order valence-corrected chi connectivity index (χ4v) is 2.69. The minimum absolute atomic E-state index is 0.00629. The van der Waals surface area contributed by atoms with Crippen molar-refractivity contribution in [2.45, 2.75) is 30.2 Å². The van der Waals surface area contributed by atoms with E-state index in [1.54, 1.807) is 0 Å². The molecule has 1 aliphatic rings. The van der Waals surface area contributed by atoms with E-state index in [4.69, 9.17) is 4.74 Å². The van der Waals surface area contributed by atoms with E-state index in [1.165, 1.54) is 0 Å². The third kappa shape index (κ3) is 4.74.